The highest BCUT2D eigenvalue weighted by atomic mass is 15.4. The van der Waals surface area contributed by atoms with Gasteiger partial charge in [-0.15, -0.1) is 26.8 Å². The number of hydrogen-bond acceptors (Lipinski definition) is 3. The van der Waals surface area contributed by atoms with Gasteiger partial charge in [-0.05, 0) is 94.7 Å². The number of rotatable bonds is 18. The SMILES string of the molecule is [c-]1cc(CCc2cc(CCc3c[c-][n+](-c4nccn4-c4ccccc4-c4ccccc4)[nH]3)cc(CCc3cc[n+](-c4nccn4-c4ccccc4-c4ccccc4)[nH]3)c2)[nH][n+]1-c1nccn1-c1ccccc1-c1ccccc1. The monoisotopic (exact) mass is 1020 g/mol. The third-order valence-corrected chi connectivity index (χ3v) is 14.3. The van der Waals surface area contributed by atoms with Crippen molar-refractivity contribution in [1.82, 2.24) is 43.9 Å². The molecule has 6 aromatic heterocycles. The molecule has 0 bridgehead atoms. The van der Waals surface area contributed by atoms with E-state index in [-0.39, 0.29) is 0 Å². The Morgan fingerprint density at radius 3 is 1.14 bits per heavy atom. The Bertz CT molecular complexity index is 3680. The molecule has 13 rings (SSSR count). The van der Waals surface area contributed by atoms with E-state index < -0.39 is 0 Å². The minimum Gasteiger partial charge on any atom is -0.323 e. The number of imidazole rings is 3. The number of para-hydroxylation sites is 3. The molecule has 0 radical (unpaired) electrons. The molecule has 12 heteroatoms. The Balaban J connectivity index is 0.751. The Hall–Kier alpha value is -10.2. The summed E-state index contributed by atoms with van der Waals surface area (Å²) >= 11 is 0. The molecule has 0 saturated heterocycles. The van der Waals surface area contributed by atoms with Crippen LogP contribution in [0.15, 0.2) is 244 Å². The minimum absolute atomic E-state index is 0.740. The minimum atomic E-state index is 0.740. The molecule has 0 aliphatic carbocycles. The molecule has 7 aromatic carbocycles. The van der Waals surface area contributed by atoms with E-state index >= 15 is 0 Å². The lowest BCUT2D eigenvalue weighted by molar-refractivity contribution is -0.667. The van der Waals surface area contributed by atoms with Crippen LogP contribution in [0, 0.1) is 12.4 Å². The Labute approximate surface area is 452 Å². The number of aromatic nitrogens is 12. The fourth-order valence-electron chi connectivity index (χ4n) is 10.5. The average molecular weight is 1020 g/mol. The van der Waals surface area contributed by atoms with E-state index in [9.17, 15) is 0 Å². The van der Waals surface area contributed by atoms with Crippen molar-refractivity contribution in [3.8, 4) is 68.3 Å². The second-order valence-corrected chi connectivity index (χ2v) is 19.4. The first-order valence-electron chi connectivity index (χ1n) is 26.5. The van der Waals surface area contributed by atoms with Crippen molar-refractivity contribution in [2.24, 2.45) is 0 Å². The second kappa shape index (κ2) is 21.6. The summed E-state index contributed by atoms with van der Waals surface area (Å²) in [6.07, 6.45) is 25.5. The number of benzene rings is 7. The molecule has 0 unspecified atom stereocenters. The molecule has 0 aliphatic rings. The van der Waals surface area contributed by atoms with Crippen LogP contribution in [0.5, 0.6) is 0 Å². The fourth-order valence-corrected chi connectivity index (χ4v) is 10.5. The van der Waals surface area contributed by atoms with E-state index in [4.69, 9.17) is 15.0 Å². The van der Waals surface area contributed by atoms with Gasteiger partial charge in [0.05, 0.1) is 18.6 Å². The van der Waals surface area contributed by atoms with Crippen molar-refractivity contribution in [3.05, 3.63) is 290 Å². The van der Waals surface area contributed by atoms with E-state index in [2.05, 4.69) is 217 Å². The first-order chi connectivity index (χ1) is 38.6. The first kappa shape index (κ1) is 47.5. The predicted octanol–water partition coefficient (Wildman–Crippen LogP) is 11.0. The van der Waals surface area contributed by atoms with Crippen LogP contribution in [-0.4, -0.2) is 43.9 Å². The van der Waals surface area contributed by atoms with Crippen molar-refractivity contribution < 1.29 is 14.0 Å². The molecule has 78 heavy (non-hydrogen) atoms. The van der Waals surface area contributed by atoms with Crippen molar-refractivity contribution >= 4 is 0 Å². The lowest BCUT2D eigenvalue weighted by Gasteiger charge is -2.12. The van der Waals surface area contributed by atoms with Gasteiger partial charge in [-0.2, -0.15) is 4.57 Å². The number of nitrogens with zero attached hydrogens (tertiary/aromatic N) is 9. The average Bonchev–Trinajstić information content (AvgIpc) is 4.44. The Kier molecular flexibility index (Phi) is 13.1. The van der Waals surface area contributed by atoms with Gasteiger partial charge < -0.3 is 10.2 Å². The van der Waals surface area contributed by atoms with Gasteiger partial charge in [0.15, 0.2) is 0 Å². The summed E-state index contributed by atoms with van der Waals surface area (Å²) in [5, 5.41) is 10.9. The summed E-state index contributed by atoms with van der Waals surface area (Å²) in [7, 11) is 0. The van der Waals surface area contributed by atoms with Crippen molar-refractivity contribution in [2.75, 3.05) is 0 Å². The fraction of sp³-hybridized carbons (Fsp3) is 0.0909. The van der Waals surface area contributed by atoms with Crippen LogP contribution < -0.4 is 14.0 Å². The van der Waals surface area contributed by atoms with E-state index in [1.54, 1.807) is 0 Å². The third kappa shape index (κ3) is 9.93. The first-order valence-corrected chi connectivity index (χ1v) is 26.5. The standard InChI is InChI=1S/C66H54N12/c1-4-16-52(17-5-1)58-22-10-13-25-61(58)73-43-37-67-64(73)76-40-34-55(70-76)31-28-49-46-50(29-32-56-35-41-77(71-56)65-68-38-44-74(65)62-26-14-11-23-59(62)53-18-6-2-7-19-53)48-51(47-49)30-33-57-36-42-78(72-57)66-69-39-45-75(66)63-27-15-12-24-60(63)54-20-8-3-9-21-54/h1-27,34-40,43-48H,28-33H2,(H2,68,69,71,72)/p+1. The second-order valence-electron chi connectivity index (χ2n) is 19.4. The number of hydrogen-bond donors (Lipinski definition) is 3. The molecule has 13 aromatic rings. The maximum Gasteiger partial charge on any atom is 0.425 e. The molecule has 6 heterocycles. The molecule has 0 atom stereocenters. The topological polar surface area (TPSA) is 112 Å². The van der Waals surface area contributed by atoms with E-state index in [1.165, 1.54) is 16.7 Å². The van der Waals surface area contributed by atoms with Crippen LogP contribution in [0.2, 0.25) is 0 Å². The maximum absolute atomic E-state index is 4.81. The molecule has 0 aliphatic heterocycles. The third-order valence-electron chi connectivity index (χ3n) is 14.3. The molecule has 0 spiro atoms. The summed E-state index contributed by atoms with van der Waals surface area (Å²) in [5.74, 6) is 2.27. The van der Waals surface area contributed by atoms with E-state index in [0.29, 0.717) is 0 Å². The van der Waals surface area contributed by atoms with Gasteiger partial charge in [-0.25, -0.2) is 5.10 Å². The van der Waals surface area contributed by atoms with Gasteiger partial charge >= 0.3 is 17.8 Å². The number of H-pyrrole nitrogens is 3. The van der Waals surface area contributed by atoms with Crippen LogP contribution in [0.4, 0.5) is 0 Å². The lowest BCUT2D eigenvalue weighted by Crippen LogP contribution is -2.36. The van der Waals surface area contributed by atoms with Gasteiger partial charge in [-0.3, -0.25) is 18.5 Å². The normalized spacial score (nSPS) is 11.4. The van der Waals surface area contributed by atoms with Crippen LogP contribution in [0.1, 0.15) is 33.8 Å². The van der Waals surface area contributed by atoms with Gasteiger partial charge in [0.1, 0.15) is 41.8 Å². The van der Waals surface area contributed by atoms with Crippen molar-refractivity contribution in [2.45, 2.75) is 38.5 Å². The number of aryl methyl sites for hydroxylation is 6. The summed E-state index contributed by atoms with van der Waals surface area (Å²) < 4.78 is 12.2. The van der Waals surface area contributed by atoms with Gasteiger partial charge in [0, 0.05) is 34.8 Å². The highest BCUT2D eigenvalue weighted by Gasteiger charge is 2.22. The van der Waals surface area contributed by atoms with Crippen LogP contribution in [0.3, 0.4) is 0 Å². The van der Waals surface area contributed by atoms with E-state index in [0.717, 1.165) is 124 Å². The van der Waals surface area contributed by atoms with Gasteiger partial charge in [-0.1, -0.05) is 182 Å². The summed E-state index contributed by atoms with van der Waals surface area (Å²) in [4.78, 5) is 14.4. The number of nitrogens with one attached hydrogen (secondary N) is 3. The largest absolute Gasteiger partial charge is 0.425 e. The number of aromatic amines is 3. The Morgan fingerprint density at radius 1 is 0.359 bits per heavy atom. The summed E-state index contributed by atoms with van der Waals surface area (Å²) in [6, 6.07) is 70.2. The highest BCUT2D eigenvalue weighted by molar-refractivity contribution is 5.75. The lowest BCUT2D eigenvalue weighted by atomic mass is 9.96. The van der Waals surface area contributed by atoms with E-state index in [1.807, 2.05) is 81.6 Å². The molecular weight excluding hydrogens is 961 g/mol. The zero-order valence-corrected chi connectivity index (χ0v) is 42.9. The van der Waals surface area contributed by atoms with Crippen LogP contribution in [-0.2, 0) is 38.5 Å². The molecule has 0 saturated carbocycles. The molecule has 0 amide bonds. The molecule has 3 N–H and O–H groups in total. The van der Waals surface area contributed by atoms with Crippen LogP contribution in [0.25, 0.3) is 68.3 Å². The van der Waals surface area contributed by atoms with Crippen molar-refractivity contribution in [3.63, 3.8) is 0 Å². The predicted molar refractivity (Wildman–Crippen MR) is 301 cm³/mol. The van der Waals surface area contributed by atoms with Gasteiger partial charge in [0.25, 0.3) is 0 Å². The molecule has 12 nitrogen and oxygen atoms in total. The smallest absolute Gasteiger partial charge is 0.323 e. The molecule has 0 fully saturated rings. The maximum atomic E-state index is 4.81. The Morgan fingerprint density at radius 2 is 0.718 bits per heavy atom. The van der Waals surface area contributed by atoms with Gasteiger partial charge in [0.2, 0.25) is 0 Å². The summed E-state index contributed by atoms with van der Waals surface area (Å²) in [6.45, 7) is 0. The zero-order valence-electron chi connectivity index (χ0n) is 42.9. The molecule has 378 valence electrons. The molecular formula is C66H55N12+. The quantitative estimate of drug-likeness (QED) is 0.0588. The van der Waals surface area contributed by atoms with Crippen molar-refractivity contribution in [1.29, 1.82) is 0 Å². The zero-order chi connectivity index (χ0) is 52.0. The van der Waals surface area contributed by atoms with Crippen LogP contribution >= 0.6 is 0 Å². The highest BCUT2D eigenvalue weighted by Crippen LogP contribution is 2.30. The summed E-state index contributed by atoms with van der Waals surface area (Å²) in [5.41, 5.74) is 17.2.